The number of rotatable bonds is 1. The molecule has 1 aromatic rings. The van der Waals surface area contributed by atoms with E-state index < -0.39 is 5.92 Å². The van der Waals surface area contributed by atoms with Crippen LogP contribution >= 0.6 is 15.9 Å². The van der Waals surface area contributed by atoms with Crippen molar-refractivity contribution in [2.75, 3.05) is 5.73 Å². The van der Waals surface area contributed by atoms with Gasteiger partial charge in [0.15, 0.2) is 0 Å². The molecule has 0 aromatic heterocycles. The number of hydrogen-bond donors (Lipinski definition) is 1. The van der Waals surface area contributed by atoms with Crippen LogP contribution in [0.4, 0.5) is 14.5 Å². The monoisotopic (exact) mass is 273 g/mol. The van der Waals surface area contributed by atoms with Crippen molar-refractivity contribution in [1.82, 2.24) is 0 Å². The second-order valence-electron chi connectivity index (χ2n) is 3.35. The van der Waals surface area contributed by atoms with Crippen molar-refractivity contribution in [2.45, 2.75) is 19.8 Å². The Bertz CT molecular complexity index is 441. The molecule has 1 aromatic carbocycles. The van der Waals surface area contributed by atoms with Crippen molar-refractivity contribution >= 4 is 21.6 Å². The maximum absolute atomic E-state index is 13.3. The molecule has 0 spiro atoms. The Morgan fingerprint density at radius 1 is 1.53 bits per heavy atom. The largest absolute Gasteiger partial charge is 0.397 e. The van der Waals surface area contributed by atoms with Crippen LogP contribution in [0, 0.1) is 19.3 Å². The molecule has 0 atom stereocenters. The molecule has 80 valence electrons. The van der Waals surface area contributed by atoms with Gasteiger partial charge < -0.3 is 5.73 Å². The summed E-state index contributed by atoms with van der Waals surface area (Å²) in [6.07, 6.45) is 5.21. The van der Waals surface area contributed by atoms with Gasteiger partial charge in [0.05, 0.1) is 5.69 Å². The number of anilines is 1. The van der Waals surface area contributed by atoms with Gasteiger partial charge in [-0.15, -0.1) is 6.42 Å². The van der Waals surface area contributed by atoms with Crippen molar-refractivity contribution in [3.05, 3.63) is 27.2 Å². The van der Waals surface area contributed by atoms with E-state index in [1.54, 1.807) is 0 Å². The van der Waals surface area contributed by atoms with Crippen molar-refractivity contribution < 1.29 is 8.78 Å². The lowest BCUT2D eigenvalue weighted by Gasteiger charge is -2.18. The minimum Gasteiger partial charge on any atom is -0.397 e. The third-order valence-electron chi connectivity index (χ3n) is 2.17. The average molecular weight is 274 g/mol. The molecule has 0 fully saturated rings. The highest BCUT2D eigenvalue weighted by atomic mass is 79.9. The second kappa shape index (κ2) is 3.82. The zero-order valence-electron chi connectivity index (χ0n) is 8.37. The summed E-state index contributed by atoms with van der Waals surface area (Å²) in [4.78, 5) is 0. The lowest BCUT2D eigenvalue weighted by atomic mass is 9.98. The molecule has 15 heavy (non-hydrogen) atoms. The Labute approximate surface area is 95.8 Å². The molecule has 0 radical (unpaired) electrons. The Balaban J connectivity index is 3.59. The van der Waals surface area contributed by atoms with E-state index in [2.05, 4.69) is 21.9 Å². The molecule has 0 heterocycles. The summed E-state index contributed by atoms with van der Waals surface area (Å²) in [5.41, 5.74) is 6.53. The number of nitrogen functional groups attached to an aromatic ring is 1. The van der Waals surface area contributed by atoms with Gasteiger partial charge in [0.25, 0.3) is 5.92 Å². The molecule has 0 bridgehead atoms. The summed E-state index contributed by atoms with van der Waals surface area (Å²) in [6.45, 7) is 2.36. The minimum atomic E-state index is -2.94. The lowest BCUT2D eigenvalue weighted by molar-refractivity contribution is 0.0161. The molecule has 0 aliphatic carbocycles. The van der Waals surface area contributed by atoms with Gasteiger partial charge in [-0.1, -0.05) is 21.9 Å². The van der Waals surface area contributed by atoms with E-state index >= 15 is 0 Å². The molecule has 0 aliphatic heterocycles. The minimum absolute atomic E-state index is 0.112. The van der Waals surface area contributed by atoms with Crippen LogP contribution in [0.15, 0.2) is 10.5 Å². The fourth-order valence-electron chi connectivity index (χ4n) is 1.45. The summed E-state index contributed by atoms with van der Waals surface area (Å²) < 4.78 is 26.8. The summed E-state index contributed by atoms with van der Waals surface area (Å²) in [7, 11) is 0. The van der Waals surface area contributed by atoms with Gasteiger partial charge in [0.2, 0.25) is 0 Å². The fourth-order valence-corrected chi connectivity index (χ4v) is 2.33. The predicted octanol–water partition coefficient (Wildman–Crippen LogP) is 3.43. The summed E-state index contributed by atoms with van der Waals surface area (Å²) in [5, 5.41) is 0. The molecular formula is C11H10BrF2N. The van der Waals surface area contributed by atoms with Gasteiger partial charge in [0, 0.05) is 22.5 Å². The van der Waals surface area contributed by atoms with Crippen LogP contribution in [0.5, 0.6) is 0 Å². The number of alkyl halides is 2. The number of hydrogen-bond acceptors (Lipinski definition) is 1. The topological polar surface area (TPSA) is 26.0 Å². The Kier molecular flexibility index (Phi) is 3.05. The average Bonchev–Trinajstić information content (AvgIpc) is 2.09. The molecule has 0 amide bonds. The van der Waals surface area contributed by atoms with Gasteiger partial charge in [-0.3, -0.25) is 0 Å². The first-order chi connectivity index (χ1) is 6.79. The smallest absolute Gasteiger partial charge is 0.271 e. The van der Waals surface area contributed by atoms with Gasteiger partial charge in [0.1, 0.15) is 0 Å². The van der Waals surface area contributed by atoms with Crippen LogP contribution in [0.3, 0.4) is 0 Å². The molecule has 1 rings (SSSR count). The molecule has 0 unspecified atom stereocenters. The van der Waals surface area contributed by atoms with Gasteiger partial charge in [-0.2, -0.15) is 0 Å². The predicted molar refractivity (Wildman–Crippen MR) is 60.8 cm³/mol. The maximum atomic E-state index is 13.3. The van der Waals surface area contributed by atoms with Gasteiger partial charge in [-0.25, -0.2) is 8.78 Å². The number of halogens is 3. The van der Waals surface area contributed by atoms with Crippen LogP contribution in [-0.4, -0.2) is 0 Å². The summed E-state index contributed by atoms with van der Waals surface area (Å²) in [6, 6.07) is 1.44. The van der Waals surface area contributed by atoms with Crippen molar-refractivity contribution in [1.29, 1.82) is 0 Å². The Hall–Kier alpha value is -1.08. The SMILES string of the molecule is C#Cc1cc(Br)c(C(C)(F)F)c(C)c1N. The molecule has 1 nitrogen and oxygen atoms in total. The molecule has 0 saturated heterocycles. The van der Waals surface area contributed by atoms with E-state index in [4.69, 9.17) is 12.2 Å². The molecule has 0 aliphatic rings. The fraction of sp³-hybridized carbons (Fsp3) is 0.273. The number of nitrogens with two attached hydrogens (primary N) is 1. The standard InChI is InChI=1S/C11H10BrF2N/c1-4-7-5-8(12)9(11(3,13)14)6(2)10(7)15/h1,5H,15H2,2-3H3. The summed E-state index contributed by atoms with van der Waals surface area (Å²) >= 11 is 3.08. The normalized spacial score (nSPS) is 11.2. The number of benzene rings is 1. The zero-order valence-corrected chi connectivity index (χ0v) is 9.95. The highest BCUT2D eigenvalue weighted by molar-refractivity contribution is 9.10. The number of terminal acetylenes is 1. The summed E-state index contributed by atoms with van der Waals surface area (Å²) in [5.74, 6) is -0.585. The Morgan fingerprint density at radius 3 is 2.47 bits per heavy atom. The third kappa shape index (κ3) is 2.13. The molecular weight excluding hydrogens is 264 g/mol. The first-order valence-electron chi connectivity index (χ1n) is 4.22. The van der Waals surface area contributed by atoms with E-state index in [9.17, 15) is 8.78 Å². The zero-order chi connectivity index (χ0) is 11.8. The highest BCUT2D eigenvalue weighted by Crippen LogP contribution is 2.38. The van der Waals surface area contributed by atoms with E-state index in [0.29, 0.717) is 11.1 Å². The van der Waals surface area contributed by atoms with Crippen molar-refractivity contribution in [3.63, 3.8) is 0 Å². The van der Waals surface area contributed by atoms with Crippen LogP contribution in [-0.2, 0) is 5.92 Å². The van der Waals surface area contributed by atoms with E-state index in [0.717, 1.165) is 6.92 Å². The molecule has 4 heteroatoms. The first kappa shape index (κ1) is 12.0. The van der Waals surface area contributed by atoms with Crippen LogP contribution < -0.4 is 5.73 Å². The van der Waals surface area contributed by atoms with Crippen LogP contribution in [0.2, 0.25) is 0 Å². The molecule has 2 N–H and O–H groups in total. The van der Waals surface area contributed by atoms with E-state index in [1.165, 1.54) is 13.0 Å². The first-order valence-corrected chi connectivity index (χ1v) is 5.01. The van der Waals surface area contributed by atoms with Gasteiger partial charge in [-0.05, 0) is 18.6 Å². The molecule has 0 saturated carbocycles. The lowest BCUT2D eigenvalue weighted by Crippen LogP contribution is -2.12. The highest BCUT2D eigenvalue weighted by Gasteiger charge is 2.30. The van der Waals surface area contributed by atoms with Crippen LogP contribution in [0.1, 0.15) is 23.6 Å². The maximum Gasteiger partial charge on any atom is 0.271 e. The van der Waals surface area contributed by atoms with Crippen LogP contribution in [0.25, 0.3) is 0 Å². The van der Waals surface area contributed by atoms with Crippen molar-refractivity contribution in [2.24, 2.45) is 0 Å². The van der Waals surface area contributed by atoms with E-state index in [-0.39, 0.29) is 15.7 Å². The second-order valence-corrected chi connectivity index (χ2v) is 4.21. The van der Waals surface area contributed by atoms with E-state index in [1.807, 2.05) is 0 Å². The third-order valence-corrected chi connectivity index (χ3v) is 2.80. The quantitative estimate of drug-likeness (QED) is 0.616. The van der Waals surface area contributed by atoms with Gasteiger partial charge >= 0.3 is 0 Å². The Morgan fingerprint density at radius 2 is 2.07 bits per heavy atom. The van der Waals surface area contributed by atoms with Crippen molar-refractivity contribution in [3.8, 4) is 12.3 Å².